The van der Waals surface area contributed by atoms with Crippen molar-refractivity contribution in [2.45, 2.75) is 32.0 Å². The van der Waals surface area contributed by atoms with Gasteiger partial charge in [-0.25, -0.2) is 4.79 Å². The Hall–Kier alpha value is -3.34. The number of hydrogen-bond acceptors (Lipinski definition) is 7. The van der Waals surface area contributed by atoms with E-state index in [0.29, 0.717) is 29.4 Å². The summed E-state index contributed by atoms with van der Waals surface area (Å²) in [7, 11) is 1.41. The van der Waals surface area contributed by atoms with Crippen molar-refractivity contribution in [1.82, 2.24) is 4.98 Å². The number of carbonyl (C=O) groups excluding carboxylic acids is 2. The average Bonchev–Trinajstić information content (AvgIpc) is 3.78. The molecule has 0 aliphatic heterocycles. The van der Waals surface area contributed by atoms with Gasteiger partial charge in [0.25, 0.3) is 0 Å². The van der Waals surface area contributed by atoms with Crippen LogP contribution in [0.2, 0.25) is 10.0 Å². The number of pyridine rings is 1. The van der Waals surface area contributed by atoms with Crippen molar-refractivity contribution >= 4 is 52.4 Å². The Morgan fingerprint density at radius 3 is 2.39 bits per heavy atom. The van der Waals surface area contributed by atoms with E-state index in [2.05, 4.69) is 15.0 Å². The van der Waals surface area contributed by atoms with Crippen LogP contribution >= 0.6 is 34.8 Å². The van der Waals surface area contributed by atoms with Gasteiger partial charge in [0.2, 0.25) is 5.91 Å². The number of nitrogens with one attached hydrogen (secondary N) is 1. The normalized spacial score (nSPS) is 13.4. The van der Waals surface area contributed by atoms with E-state index in [-0.39, 0.29) is 45.1 Å². The molecule has 1 fully saturated rings. The molecule has 2 aromatic carbocycles. The SMILES string of the molecule is COc1ccc(C(=O)O[C@@H](Cc2c(Cl)cncc2Cl)c2ccc(OC(F)F)c(OCC3CC3)c2)cc1NC(=O)CCl. The third-order valence-corrected chi connectivity index (χ3v) is 7.04. The number of rotatable bonds is 13. The predicted octanol–water partition coefficient (Wildman–Crippen LogP) is 7.11. The fourth-order valence-electron chi connectivity index (χ4n) is 3.88. The number of aromatic nitrogens is 1. The molecule has 1 atom stereocenters. The molecule has 8 nitrogen and oxygen atoms in total. The maximum atomic E-state index is 13.4. The van der Waals surface area contributed by atoms with Gasteiger partial charge in [0.05, 0.1) is 35.0 Å². The minimum Gasteiger partial charge on any atom is -0.495 e. The van der Waals surface area contributed by atoms with Gasteiger partial charge >= 0.3 is 12.6 Å². The molecule has 13 heteroatoms. The van der Waals surface area contributed by atoms with E-state index in [9.17, 15) is 18.4 Å². The van der Waals surface area contributed by atoms with Gasteiger partial charge in [-0.15, -0.1) is 11.6 Å². The monoisotopic (exact) mass is 628 g/mol. The standard InChI is InChI=1S/C28H25Cl3F2N2O6/c1-38-22-6-5-17(8-21(22)35-26(36)11-29)27(37)40-24(10-18-19(30)12-34-13-20(18)31)16-4-7-23(41-28(32)33)25(9-16)39-14-15-2-3-15/h4-9,12-13,15,24,28H,2-3,10-11,14H2,1H3,(H,35,36)/t24-/m0/s1. The lowest BCUT2D eigenvalue weighted by Crippen LogP contribution is -2.17. The summed E-state index contributed by atoms with van der Waals surface area (Å²) in [6.07, 6.45) is 3.81. The second-order valence-corrected chi connectivity index (χ2v) is 10.2. The van der Waals surface area contributed by atoms with Crippen LogP contribution in [-0.2, 0) is 16.0 Å². The smallest absolute Gasteiger partial charge is 0.387 e. The van der Waals surface area contributed by atoms with Gasteiger partial charge in [-0.1, -0.05) is 29.3 Å². The van der Waals surface area contributed by atoms with E-state index < -0.39 is 24.6 Å². The Labute approximate surface area is 249 Å². The number of amides is 1. The zero-order valence-corrected chi connectivity index (χ0v) is 23.9. The van der Waals surface area contributed by atoms with Crippen molar-refractivity contribution in [1.29, 1.82) is 0 Å². The number of anilines is 1. The largest absolute Gasteiger partial charge is 0.495 e. The third kappa shape index (κ3) is 8.34. The number of hydrogen-bond donors (Lipinski definition) is 1. The van der Waals surface area contributed by atoms with Crippen LogP contribution in [0.1, 0.15) is 40.4 Å². The maximum Gasteiger partial charge on any atom is 0.387 e. The lowest BCUT2D eigenvalue weighted by atomic mass is 10.0. The number of ether oxygens (including phenoxy) is 4. The summed E-state index contributed by atoms with van der Waals surface area (Å²) in [5.74, 6) is -0.982. The number of esters is 1. The number of alkyl halides is 3. The summed E-state index contributed by atoms with van der Waals surface area (Å²) in [5.41, 5.74) is 1.18. The van der Waals surface area contributed by atoms with E-state index in [0.717, 1.165) is 12.8 Å². The first-order chi connectivity index (χ1) is 19.7. The lowest BCUT2D eigenvalue weighted by Gasteiger charge is -2.22. The van der Waals surface area contributed by atoms with Gasteiger partial charge in [0, 0.05) is 18.8 Å². The quantitative estimate of drug-likeness (QED) is 0.159. The summed E-state index contributed by atoms with van der Waals surface area (Å²) in [5, 5.41) is 3.06. The fraction of sp³-hybridized carbons (Fsp3) is 0.321. The molecule has 1 aliphatic rings. The van der Waals surface area contributed by atoms with Crippen molar-refractivity contribution in [2.24, 2.45) is 5.92 Å². The molecule has 3 aromatic rings. The molecule has 0 radical (unpaired) electrons. The summed E-state index contributed by atoms with van der Waals surface area (Å²) in [4.78, 5) is 29.2. The van der Waals surface area contributed by atoms with Crippen molar-refractivity contribution in [3.8, 4) is 17.2 Å². The van der Waals surface area contributed by atoms with E-state index in [1.54, 1.807) is 0 Å². The molecule has 41 heavy (non-hydrogen) atoms. The highest BCUT2D eigenvalue weighted by Gasteiger charge is 2.26. The van der Waals surface area contributed by atoms with E-state index >= 15 is 0 Å². The predicted molar refractivity (Wildman–Crippen MR) is 150 cm³/mol. The van der Waals surface area contributed by atoms with Crippen LogP contribution in [-0.4, -0.2) is 43.1 Å². The Morgan fingerprint density at radius 1 is 1.05 bits per heavy atom. The van der Waals surface area contributed by atoms with Crippen LogP contribution in [0.15, 0.2) is 48.8 Å². The first-order valence-corrected chi connectivity index (χ1v) is 13.7. The van der Waals surface area contributed by atoms with Gasteiger partial charge < -0.3 is 24.3 Å². The second-order valence-electron chi connectivity index (χ2n) is 9.12. The molecule has 1 N–H and O–H groups in total. The molecule has 1 amide bonds. The Morgan fingerprint density at radius 2 is 1.76 bits per heavy atom. The van der Waals surface area contributed by atoms with E-state index in [1.165, 1.54) is 55.9 Å². The lowest BCUT2D eigenvalue weighted by molar-refractivity contribution is -0.113. The van der Waals surface area contributed by atoms with Gasteiger partial charge in [-0.05, 0) is 60.2 Å². The van der Waals surface area contributed by atoms with Crippen LogP contribution in [0, 0.1) is 5.92 Å². The highest BCUT2D eigenvalue weighted by Crippen LogP contribution is 2.38. The van der Waals surface area contributed by atoms with Crippen molar-refractivity contribution in [3.63, 3.8) is 0 Å². The summed E-state index contributed by atoms with van der Waals surface area (Å²) >= 11 is 18.3. The molecule has 1 heterocycles. The number of nitrogens with zero attached hydrogens (tertiary/aromatic N) is 1. The van der Waals surface area contributed by atoms with Gasteiger partial charge in [-0.3, -0.25) is 9.78 Å². The summed E-state index contributed by atoms with van der Waals surface area (Å²) in [6, 6.07) is 8.65. The summed E-state index contributed by atoms with van der Waals surface area (Å²) < 4.78 is 47.7. The minimum atomic E-state index is -3.06. The first kappa shape index (κ1) is 30.6. The fourth-order valence-corrected chi connectivity index (χ4v) is 4.47. The number of benzene rings is 2. The Bertz CT molecular complexity index is 1390. The molecule has 0 bridgehead atoms. The number of carbonyl (C=O) groups is 2. The zero-order chi connectivity index (χ0) is 29.5. The van der Waals surface area contributed by atoms with Crippen LogP contribution in [0.3, 0.4) is 0 Å². The Kier molecular flexibility index (Phi) is 10.5. The molecule has 0 unspecified atom stereocenters. The zero-order valence-electron chi connectivity index (χ0n) is 21.7. The molecular weight excluding hydrogens is 605 g/mol. The molecule has 1 aromatic heterocycles. The van der Waals surface area contributed by atoms with E-state index in [1.807, 2.05) is 0 Å². The average molecular weight is 630 g/mol. The van der Waals surface area contributed by atoms with Gasteiger partial charge in [-0.2, -0.15) is 8.78 Å². The van der Waals surface area contributed by atoms with Crippen LogP contribution < -0.4 is 19.5 Å². The topological polar surface area (TPSA) is 96.0 Å². The van der Waals surface area contributed by atoms with E-state index in [4.69, 9.17) is 49.0 Å². The highest BCUT2D eigenvalue weighted by molar-refractivity contribution is 6.35. The van der Waals surface area contributed by atoms with Crippen LogP contribution in [0.5, 0.6) is 17.2 Å². The highest BCUT2D eigenvalue weighted by atomic mass is 35.5. The van der Waals surface area contributed by atoms with Crippen molar-refractivity contribution in [2.75, 3.05) is 24.9 Å². The van der Waals surface area contributed by atoms with Crippen molar-refractivity contribution in [3.05, 3.63) is 75.5 Å². The molecule has 1 saturated carbocycles. The van der Waals surface area contributed by atoms with Gasteiger partial charge in [0.15, 0.2) is 11.5 Å². The third-order valence-electron chi connectivity index (χ3n) is 6.15. The molecule has 0 saturated heterocycles. The van der Waals surface area contributed by atoms with Gasteiger partial charge in [0.1, 0.15) is 17.7 Å². The molecule has 4 rings (SSSR count). The minimum absolute atomic E-state index is 0.0229. The second kappa shape index (κ2) is 14.0. The molecule has 0 spiro atoms. The number of methoxy groups -OCH3 is 1. The number of halogens is 5. The first-order valence-electron chi connectivity index (χ1n) is 12.4. The molecular formula is C28H25Cl3F2N2O6. The molecule has 218 valence electrons. The summed E-state index contributed by atoms with van der Waals surface area (Å²) in [6.45, 7) is -2.73. The Balaban J connectivity index is 1.69. The molecule has 1 aliphatic carbocycles. The maximum absolute atomic E-state index is 13.4. The van der Waals surface area contributed by atoms with Crippen molar-refractivity contribution < 1.29 is 37.3 Å². The van der Waals surface area contributed by atoms with Crippen LogP contribution in [0.25, 0.3) is 0 Å². The van der Waals surface area contributed by atoms with Crippen LogP contribution in [0.4, 0.5) is 14.5 Å².